The highest BCUT2D eigenvalue weighted by molar-refractivity contribution is 5.87. The maximum Gasteiger partial charge on any atom is 0.356 e. The molecular formula is C15H18N4O3. The van der Waals surface area contributed by atoms with Gasteiger partial charge < -0.3 is 19.1 Å². The summed E-state index contributed by atoms with van der Waals surface area (Å²) in [5.74, 6) is -0.288. The molecule has 2 aromatic heterocycles. The standard InChI is InChI=1S/C15H18N4O3/c20-14(21)11-9-18-7-5-16-12(13(18)17-11)19-6-4-15(10-19)3-1-2-8-22-15/h5,7,9H,1-4,6,8,10H2,(H,20,21). The predicted octanol–water partition coefficient (Wildman–Crippen LogP) is 1.58. The number of carboxylic acid groups (broad SMARTS) is 1. The van der Waals surface area contributed by atoms with E-state index in [1.807, 2.05) is 0 Å². The number of anilines is 1. The molecule has 1 N–H and O–H groups in total. The van der Waals surface area contributed by atoms with Gasteiger partial charge in [0.05, 0.1) is 5.60 Å². The minimum atomic E-state index is -1.02. The fourth-order valence-corrected chi connectivity index (χ4v) is 3.49. The van der Waals surface area contributed by atoms with E-state index in [1.54, 1.807) is 16.8 Å². The first-order valence-corrected chi connectivity index (χ1v) is 7.63. The molecule has 4 heterocycles. The van der Waals surface area contributed by atoms with Gasteiger partial charge >= 0.3 is 5.97 Å². The topological polar surface area (TPSA) is 80.0 Å². The van der Waals surface area contributed by atoms with E-state index in [1.165, 1.54) is 12.6 Å². The molecule has 0 aromatic carbocycles. The van der Waals surface area contributed by atoms with E-state index in [0.717, 1.165) is 44.8 Å². The normalized spacial score (nSPS) is 25.2. The van der Waals surface area contributed by atoms with E-state index in [9.17, 15) is 4.79 Å². The molecule has 1 spiro atoms. The summed E-state index contributed by atoms with van der Waals surface area (Å²) in [6.07, 6.45) is 9.34. The summed E-state index contributed by atoms with van der Waals surface area (Å²) in [4.78, 5) is 21.9. The average Bonchev–Trinajstić information content (AvgIpc) is 3.12. The molecule has 1 atom stereocenters. The van der Waals surface area contributed by atoms with Crippen LogP contribution in [0.2, 0.25) is 0 Å². The van der Waals surface area contributed by atoms with Crippen LogP contribution in [0.15, 0.2) is 18.6 Å². The molecule has 1 unspecified atom stereocenters. The Morgan fingerprint density at radius 1 is 1.36 bits per heavy atom. The van der Waals surface area contributed by atoms with Crippen LogP contribution < -0.4 is 4.90 Å². The van der Waals surface area contributed by atoms with Crippen molar-refractivity contribution in [3.05, 3.63) is 24.3 Å². The Labute approximate surface area is 127 Å². The van der Waals surface area contributed by atoms with Crippen molar-refractivity contribution in [3.63, 3.8) is 0 Å². The van der Waals surface area contributed by atoms with E-state index in [-0.39, 0.29) is 11.3 Å². The van der Waals surface area contributed by atoms with E-state index in [2.05, 4.69) is 14.9 Å². The molecule has 0 aliphatic carbocycles. The number of ether oxygens (including phenoxy) is 1. The van der Waals surface area contributed by atoms with Gasteiger partial charge in [-0.1, -0.05) is 0 Å². The molecule has 0 amide bonds. The van der Waals surface area contributed by atoms with Gasteiger partial charge in [-0.2, -0.15) is 0 Å². The van der Waals surface area contributed by atoms with Crippen molar-refractivity contribution in [2.45, 2.75) is 31.3 Å². The fraction of sp³-hybridized carbons (Fsp3) is 0.533. The van der Waals surface area contributed by atoms with Crippen molar-refractivity contribution in [1.82, 2.24) is 14.4 Å². The van der Waals surface area contributed by atoms with Crippen LogP contribution in [0.3, 0.4) is 0 Å². The number of rotatable bonds is 2. The summed E-state index contributed by atoms with van der Waals surface area (Å²) in [5.41, 5.74) is 0.569. The Hall–Kier alpha value is -2.15. The highest BCUT2D eigenvalue weighted by Crippen LogP contribution is 2.36. The first kappa shape index (κ1) is 13.5. The third kappa shape index (κ3) is 2.12. The van der Waals surface area contributed by atoms with Crippen LogP contribution in [0, 0.1) is 0 Å². The van der Waals surface area contributed by atoms with E-state index < -0.39 is 5.97 Å². The number of aromatic carboxylic acids is 1. The maximum absolute atomic E-state index is 11.1. The summed E-state index contributed by atoms with van der Waals surface area (Å²) in [7, 11) is 0. The average molecular weight is 302 g/mol. The minimum absolute atomic E-state index is 0.0390. The molecule has 116 valence electrons. The predicted molar refractivity (Wildman–Crippen MR) is 79.3 cm³/mol. The second kappa shape index (κ2) is 4.95. The molecule has 0 radical (unpaired) electrons. The van der Waals surface area contributed by atoms with Crippen LogP contribution in [0.1, 0.15) is 36.2 Å². The zero-order chi connectivity index (χ0) is 15.2. The number of fused-ring (bicyclic) bond motifs is 1. The van der Waals surface area contributed by atoms with Gasteiger partial charge in [-0.05, 0) is 25.7 Å². The molecule has 7 heteroatoms. The maximum atomic E-state index is 11.1. The zero-order valence-corrected chi connectivity index (χ0v) is 12.2. The lowest BCUT2D eigenvalue weighted by atomic mass is 9.93. The number of carbonyl (C=O) groups is 1. The largest absolute Gasteiger partial charge is 0.476 e. The molecular weight excluding hydrogens is 284 g/mol. The van der Waals surface area contributed by atoms with Crippen LogP contribution in [0.25, 0.3) is 5.65 Å². The summed E-state index contributed by atoms with van der Waals surface area (Å²) in [6.45, 7) is 2.49. The summed E-state index contributed by atoms with van der Waals surface area (Å²) < 4.78 is 7.76. The second-order valence-electron chi connectivity index (χ2n) is 6.07. The monoisotopic (exact) mass is 302 g/mol. The van der Waals surface area contributed by atoms with E-state index >= 15 is 0 Å². The van der Waals surface area contributed by atoms with Crippen molar-refractivity contribution < 1.29 is 14.6 Å². The highest BCUT2D eigenvalue weighted by Gasteiger charge is 2.41. The lowest BCUT2D eigenvalue weighted by Gasteiger charge is -2.33. The lowest BCUT2D eigenvalue weighted by molar-refractivity contribution is -0.0621. The van der Waals surface area contributed by atoms with Gasteiger partial charge in [0.1, 0.15) is 0 Å². The second-order valence-corrected chi connectivity index (χ2v) is 6.07. The van der Waals surface area contributed by atoms with E-state index in [4.69, 9.17) is 9.84 Å². The third-order valence-electron chi connectivity index (χ3n) is 4.63. The summed E-state index contributed by atoms with van der Waals surface area (Å²) in [5, 5.41) is 9.11. The van der Waals surface area contributed by atoms with Gasteiger partial charge in [0.25, 0.3) is 0 Å². The molecule has 2 saturated heterocycles. The number of imidazole rings is 1. The molecule has 2 aliphatic heterocycles. The smallest absolute Gasteiger partial charge is 0.356 e. The first-order valence-electron chi connectivity index (χ1n) is 7.63. The van der Waals surface area contributed by atoms with Crippen molar-refractivity contribution in [3.8, 4) is 0 Å². The highest BCUT2D eigenvalue weighted by atomic mass is 16.5. The molecule has 4 rings (SSSR count). The van der Waals surface area contributed by atoms with Crippen LogP contribution in [-0.2, 0) is 4.74 Å². The zero-order valence-electron chi connectivity index (χ0n) is 12.2. The van der Waals surface area contributed by atoms with Gasteiger partial charge in [0.2, 0.25) is 0 Å². The molecule has 7 nitrogen and oxygen atoms in total. The van der Waals surface area contributed by atoms with Gasteiger partial charge in [-0.3, -0.25) is 0 Å². The number of hydrogen-bond donors (Lipinski definition) is 1. The fourth-order valence-electron chi connectivity index (χ4n) is 3.49. The number of nitrogens with zero attached hydrogens (tertiary/aromatic N) is 4. The molecule has 2 aliphatic rings. The number of hydrogen-bond acceptors (Lipinski definition) is 5. The summed E-state index contributed by atoms with van der Waals surface area (Å²) in [6, 6.07) is 0. The van der Waals surface area contributed by atoms with Gasteiger partial charge in [-0.15, -0.1) is 0 Å². The Morgan fingerprint density at radius 2 is 2.27 bits per heavy atom. The van der Waals surface area contributed by atoms with Gasteiger partial charge in [0.15, 0.2) is 17.2 Å². The van der Waals surface area contributed by atoms with Crippen LogP contribution in [0.5, 0.6) is 0 Å². The van der Waals surface area contributed by atoms with Gasteiger partial charge in [-0.25, -0.2) is 14.8 Å². The molecule has 2 fully saturated rings. The molecule has 22 heavy (non-hydrogen) atoms. The molecule has 0 bridgehead atoms. The van der Waals surface area contributed by atoms with E-state index in [0.29, 0.717) is 5.65 Å². The van der Waals surface area contributed by atoms with Crippen LogP contribution in [0.4, 0.5) is 5.82 Å². The van der Waals surface area contributed by atoms with Crippen molar-refractivity contribution in [1.29, 1.82) is 0 Å². The SMILES string of the molecule is O=C(O)c1cn2ccnc(N3CCC4(CCCCO4)C3)c2n1. The summed E-state index contributed by atoms with van der Waals surface area (Å²) >= 11 is 0. The Kier molecular flexibility index (Phi) is 3.04. The quantitative estimate of drug-likeness (QED) is 0.907. The van der Waals surface area contributed by atoms with Gasteiger partial charge in [0, 0.05) is 38.3 Å². The molecule has 2 aromatic rings. The number of aromatic nitrogens is 3. The Morgan fingerprint density at radius 3 is 3.05 bits per heavy atom. The van der Waals surface area contributed by atoms with Crippen molar-refractivity contribution in [2.24, 2.45) is 0 Å². The minimum Gasteiger partial charge on any atom is -0.476 e. The van der Waals surface area contributed by atoms with Crippen LogP contribution >= 0.6 is 0 Å². The Bertz CT molecular complexity index is 721. The Balaban J connectivity index is 1.68. The first-order chi connectivity index (χ1) is 10.7. The number of carboxylic acids is 1. The van der Waals surface area contributed by atoms with Crippen LogP contribution in [-0.4, -0.2) is 50.7 Å². The van der Waals surface area contributed by atoms with Crippen molar-refractivity contribution in [2.75, 3.05) is 24.6 Å². The third-order valence-corrected chi connectivity index (χ3v) is 4.63. The van der Waals surface area contributed by atoms with Crippen molar-refractivity contribution >= 4 is 17.4 Å². The molecule has 0 saturated carbocycles. The lowest BCUT2D eigenvalue weighted by Crippen LogP contribution is -2.39.